The Morgan fingerprint density at radius 1 is 1.42 bits per heavy atom. The first-order chi connectivity index (χ1) is 9.27. The Balaban J connectivity index is 2.20. The first kappa shape index (κ1) is 14.1. The molecule has 1 fully saturated rings. The van der Waals surface area contributed by atoms with E-state index in [1.54, 1.807) is 0 Å². The summed E-state index contributed by atoms with van der Waals surface area (Å²) in [6.07, 6.45) is 5.82. The maximum atomic E-state index is 3.90. The van der Waals surface area contributed by atoms with Crippen molar-refractivity contribution < 1.29 is 0 Å². The zero-order valence-electron chi connectivity index (χ0n) is 12.2. The van der Waals surface area contributed by atoms with Crippen LogP contribution < -0.4 is 10.2 Å². The van der Waals surface area contributed by atoms with Crippen LogP contribution in [-0.4, -0.2) is 19.1 Å². The van der Waals surface area contributed by atoms with Crippen molar-refractivity contribution in [3.63, 3.8) is 0 Å². The van der Waals surface area contributed by atoms with E-state index in [0.29, 0.717) is 6.04 Å². The molecule has 1 aliphatic carbocycles. The molecule has 0 amide bonds. The van der Waals surface area contributed by atoms with Crippen LogP contribution in [0.4, 0.5) is 5.69 Å². The van der Waals surface area contributed by atoms with Crippen LogP contribution in [0, 0.1) is 0 Å². The quantitative estimate of drug-likeness (QED) is 0.711. The van der Waals surface area contributed by atoms with E-state index in [1.165, 1.54) is 30.5 Å². The molecule has 0 spiro atoms. The minimum Gasteiger partial charge on any atom is -0.365 e. The number of hydrogen-bond donors (Lipinski definition) is 1. The Labute approximate surface area is 117 Å². The van der Waals surface area contributed by atoms with Gasteiger partial charge in [-0.1, -0.05) is 31.2 Å². The van der Waals surface area contributed by atoms with Crippen molar-refractivity contribution in [2.24, 2.45) is 0 Å². The van der Waals surface area contributed by atoms with Gasteiger partial charge in [0.25, 0.3) is 0 Å². The van der Waals surface area contributed by atoms with E-state index >= 15 is 0 Å². The number of rotatable bonds is 8. The van der Waals surface area contributed by atoms with Crippen molar-refractivity contribution in [2.45, 2.75) is 45.2 Å². The van der Waals surface area contributed by atoms with Crippen LogP contribution in [0.25, 0.3) is 0 Å². The maximum Gasteiger partial charge on any atom is 0.0419 e. The number of nitrogens with one attached hydrogen (secondary N) is 1. The lowest BCUT2D eigenvalue weighted by atomic mass is 10.0. The summed E-state index contributed by atoms with van der Waals surface area (Å²) in [6, 6.07) is 9.91. The third-order valence-electron chi connectivity index (χ3n) is 3.73. The van der Waals surface area contributed by atoms with Crippen LogP contribution in [0.2, 0.25) is 0 Å². The Kier molecular flexibility index (Phi) is 5.03. The minimum atomic E-state index is 0.405. The van der Waals surface area contributed by atoms with E-state index < -0.39 is 0 Å². The fourth-order valence-electron chi connectivity index (χ4n) is 2.56. The smallest absolute Gasteiger partial charge is 0.0419 e. The second-order valence-electron chi connectivity index (χ2n) is 5.41. The highest BCUT2D eigenvalue weighted by Crippen LogP contribution is 2.35. The molecule has 1 N–H and O–H groups in total. The molecule has 19 heavy (non-hydrogen) atoms. The summed E-state index contributed by atoms with van der Waals surface area (Å²) >= 11 is 0. The second kappa shape index (κ2) is 6.76. The van der Waals surface area contributed by atoms with E-state index in [1.807, 2.05) is 6.08 Å². The van der Waals surface area contributed by atoms with Crippen molar-refractivity contribution in [2.75, 3.05) is 18.0 Å². The molecule has 2 heteroatoms. The number of anilines is 1. The Morgan fingerprint density at radius 3 is 2.79 bits per heavy atom. The Hall–Kier alpha value is -1.28. The number of benzene rings is 1. The monoisotopic (exact) mass is 258 g/mol. The first-order valence-electron chi connectivity index (χ1n) is 7.47. The van der Waals surface area contributed by atoms with Gasteiger partial charge in [-0.15, -0.1) is 6.58 Å². The first-order valence-corrected chi connectivity index (χ1v) is 7.47. The van der Waals surface area contributed by atoms with E-state index in [4.69, 9.17) is 0 Å². The third kappa shape index (κ3) is 3.60. The van der Waals surface area contributed by atoms with Crippen molar-refractivity contribution in [1.82, 2.24) is 5.32 Å². The van der Waals surface area contributed by atoms with E-state index in [2.05, 4.69) is 54.9 Å². The molecule has 0 saturated heterocycles. The van der Waals surface area contributed by atoms with Crippen molar-refractivity contribution in [3.8, 4) is 0 Å². The van der Waals surface area contributed by atoms with Gasteiger partial charge < -0.3 is 10.2 Å². The molecule has 2 nitrogen and oxygen atoms in total. The topological polar surface area (TPSA) is 15.3 Å². The van der Waals surface area contributed by atoms with Gasteiger partial charge in [0.1, 0.15) is 0 Å². The van der Waals surface area contributed by atoms with E-state index in [9.17, 15) is 0 Å². The summed E-state index contributed by atoms with van der Waals surface area (Å²) in [6.45, 7) is 10.4. The van der Waals surface area contributed by atoms with E-state index in [-0.39, 0.29) is 0 Å². The van der Waals surface area contributed by atoms with Gasteiger partial charge in [0, 0.05) is 24.3 Å². The molecular weight excluding hydrogens is 232 g/mol. The molecular formula is C17H26N2. The summed E-state index contributed by atoms with van der Waals surface area (Å²) in [4.78, 5) is 2.51. The molecule has 0 heterocycles. The van der Waals surface area contributed by atoms with Gasteiger partial charge >= 0.3 is 0 Å². The lowest BCUT2D eigenvalue weighted by molar-refractivity contribution is 0.569. The predicted octanol–water partition coefficient (Wildman–Crippen LogP) is 3.90. The highest BCUT2D eigenvalue weighted by atomic mass is 15.2. The molecule has 1 saturated carbocycles. The number of hydrogen-bond acceptors (Lipinski definition) is 2. The SMILES string of the molecule is C=CCN(c1ccccc1C(C)NCCC)C1CC1. The van der Waals surface area contributed by atoms with E-state index in [0.717, 1.165) is 19.1 Å². The Bertz CT molecular complexity index is 409. The molecule has 1 aliphatic rings. The van der Waals surface area contributed by atoms with Gasteiger partial charge in [-0.25, -0.2) is 0 Å². The van der Waals surface area contributed by atoms with Crippen LogP contribution in [-0.2, 0) is 0 Å². The Morgan fingerprint density at radius 2 is 2.16 bits per heavy atom. The zero-order valence-corrected chi connectivity index (χ0v) is 12.2. The van der Waals surface area contributed by atoms with Crippen molar-refractivity contribution in [3.05, 3.63) is 42.5 Å². The molecule has 2 rings (SSSR count). The average Bonchev–Trinajstić information content (AvgIpc) is 3.26. The molecule has 0 radical (unpaired) electrons. The van der Waals surface area contributed by atoms with Crippen molar-refractivity contribution in [1.29, 1.82) is 0 Å². The summed E-state index contributed by atoms with van der Waals surface area (Å²) in [5.41, 5.74) is 2.78. The van der Waals surface area contributed by atoms with Gasteiger partial charge in [0.2, 0.25) is 0 Å². The minimum absolute atomic E-state index is 0.405. The summed E-state index contributed by atoms with van der Waals surface area (Å²) in [5, 5.41) is 3.59. The van der Waals surface area contributed by atoms with Gasteiger partial charge in [-0.05, 0) is 44.4 Å². The van der Waals surface area contributed by atoms with Crippen molar-refractivity contribution >= 4 is 5.69 Å². The number of para-hydroxylation sites is 1. The summed E-state index contributed by atoms with van der Waals surface area (Å²) in [7, 11) is 0. The summed E-state index contributed by atoms with van der Waals surface area (Å²) < 4.78 is 0. The summed E-state index contributed by atoms with van der Waals surface area (Å²) in [5.74, 6) is 0. The second-order valence-corrected chi connectivity index (χ2v) is 5.41. The normalized spacial score (nSPS) is 16.1. The number of nitrogens with zero attached hydrogens (tertiary/aromatic N) is 1. The highest BCUT2D eigenvalue weighted by molar-refractivity contribution is 5.57. The molecule has 104 valence electrons. The van der Waals surface area contributed by atoms with Crippen LogP contribution >= 0.6 is 0 Å². The molecule has 1 aromatic carbocycles. The highest BCUT2D eigenvalue weighted by Gasteiger charge is 2.30. The molecule has 1 aromatic rings. The predicted molar refractivity (Wildman–Crippen MR) is 83.7 cm³/mol. The van der Waals surface area contributed by atoms with Crippen LogP contribution in [0.15, 0.2) is 36.9 Å². The fraction of sp³-hybridized carbons (Fsp3) is 0.529. The molecule has 1 unspecified atom stereocenters. The molecule has 1 atom stereocenters. The average molecular weight is 258 g/mol. The third-order valence-corrected chi connectivity index (χ3v) is 3.73. The van der Waals surface area contributed by atoms with Gasteiger partial charge in [0.05, 0.1) is 0 Å². The molecule has 0 aromatic heterocycles. The van der Waals surface area contributed by atoms with Crippen LogP contribution in [0.3, 0.4) is 0 Å². The lowest BCUT2D eigenvalue weighted by Crippen LogP contribution is -2.29. The molecule has 0 aliphatic heterocycles. The fourth-order valence-corrected chi connectivity index (χ4v) is 2.56. The standard InChI is InChI=1S/C17H26N2/c1-4-12-18-14(3)16-8-6-7-9-17(16)19(13-5-2)15-10-11-15/h5-9,14-15,18H,2,4,10-13H2,1,3H3. The van der Waals surface area contributed by atoms with Crippen LogP contribution in [0.1, 0.15) is 44.7 Å². The van der Waals surface area contributed by atoms with Gasteiger partial charge in [-0.2, -0.15) is 0 Å². The largest absolute Gasteiger partial charge is 0.365 e. The maximum absolute atomic E-state index is 3.90. The van der Waals surface area contributed by atoms with Gasteiger partial charge in [-0.3, -0.25) is 0 Å². The zero-order chi connectivity index (χ0) is 13.7. The van der Waals surface area contributed by atoms with Gasteiger partial charge in [0.15, 0.2) is 0 Å². The van der Waals surface area contributed by atoms with Crippen LogP contribution in [0.5, 0.6) is 0 Å². The molecule has 0 bridgehead atoms. The lowest BCUT2D eigenvalue weighted by Gasteiger charge is -2.28.